The predicted octanol–water partition coefficient (Wildman–Crippen LogP) is 2.65. The van der Waals surface area contributed by atoms with E-state index in [1.807, 2.05) is 11.9 Å². The normalized spacial score (nSPS) is 10.1. The van der Waals surface area contributed by atoms with Crippen molar-refractivity contribution in [2.45, 2.75) is 12.8 Å². The average Bonchev–Trinajstić information content (AvgIpc) is 2.28. The zero-order chi connectivity index (χ0) is 12.8. The largest absolute Gasteiger partial charge is 0.495 e. The Kier molecular flexibility index (Phi) is 5.10. The van der Waals surface area contributed by atoms with E-state index < -0.39 is 5.97 Å². The average molecular weight is 258 g/mol. The van der Waals surface area contributed by atoms with Crippen LogP contribution in [0, 0.1) is 0 Å². The summed E-state index contributed by atoms with van der Waals surface area (Å²) in [6.07, 6.45) is 0.745. The second-order valence-corrected chi connectivity index (χ2v) is 4.17. The number of ether oxygens (including phenoxy) is 1. The number of hydrogen-bond acceptors (Lipinski definition) is 3. The van der Waals surface area contributed by atoms with E-state index in [0.29, 0.717) is 18.0 Å². The van der Waals surface area contributed by atoms with Gasteiger partial charge in [-0.15, -0.1) is 0 Å². The molecule has 0 radical (unpaired) electrons. The van der Waals surface area contributed by atoms with Crippen LogP contribution in [0.15, 0.2) is 18.2 Å². The van der Waals surface area contributed by atoms with Gasteiger partial charge < -0.3 is 14.7 Å². The first kappa shape index (κ1) is 13.6. The fourth-order valence-corrected chi connectivity index (χ4v) is 1.72. The van der Waals surface area contributed by atoms with Crippen molar-refractivity contribution in [3.05, 3.63) is 23.2 Å². The fraction of sp³-hybridized carbons (Fsp3) is 0.417. The first-order valence-electron chi connectivity index (χ1n) is 5.31. The Balaban J connectivity index is 2.69. The van der Waals surface area contributed by atoms with E-state index in [1.165, 1.54) is 0 Å². The number of benzene rings is 1. The molecule has 1 rings (SSSR count). The van der Waals surface area contributed by atoms with E-state index in [2.05, 4.69) is 0 Å². The van der Waals surface area contributed by atoms with Gasteiger partial charge in [-0.2, -0.15) is 0 Å². The number of hydrogen-bond donors (Lipinski definition) is 1. The molecular formula is C12H16ClNO3. The maximum absolute atomic E-state index is 10.4. The number of halogens is 1. The molecule has 1 aromatic carbocycles. The zero-order valence-corrected chi connectivity index (χ0v) is 10.7. The Hall–Kier alpha value is -1.42. The highest BCUT2D eigenvalue weighted by atomic mass is 35.5. The SMILES string of the molecule is COc1ccc(Cl)cc1N(C)CCCC(=O)O. The molecule has 0 saturated heterocycles. The molecule has 0 aliphatic heterocycles. The number of carboxylic acids is 1. The zero-order valence-electron chi connectivity index (χ0n) is 9.94. The lowest BCUT2D eigenvalue weighted by molar-refractivity contribution is -0.137. The summed E-state index contributed by atoms with van der Waals surface area (Å²) in [5.41, 5.74) is 0.866. The van der Waals surface area contributed by atoms with Gasteiger partial charge in [-0.05, 0) is 24.6 Å². The summed E-state index contributed by atoms with van der Waals surface area (Å²) >= 11 is 5.93. The summed E-state index contributed by atoms with van der Waals surface area (Å²) < 4.78 is 5.23. The minimum atomic E-state index is -0.781. The smallest absolute Gasteiger partial charge is 0.303 e. The number of nitrogens with zero attached hydrogens (tertiary/aromatic N) is 1. The van der Waals surface area contributed by atoms with E-state index in [0.717, 1.165) is 11.4 Å². The van der Waals surface area contributed by atoms with E-state index >= 15 is 0 Å². The Morgan fingerprint density at radius 1 is 1.53 bits per heavy atom. The van der Waals surface area contributed by atoms with Crippen molar-refractivity contribution >= 4 is 23.3 Å². The topological polar surface area (TPSA) is 49.8 Å². The van der Waals surface area contributed by atoms with Crippen LogP contribution in [0.1, 0.15) is 12.8 Å². The fourth-order valence-electron chi connectivity index (χ4n) is 1.55. The number of carboxylic acid groups (broad SMARTS) is 1. The Morgan fingerprint density at radius 2 is 2.24 bits per heavy atom. The minimum Gasteiger partial charge on any atom is -0.495 e. The highest BCUT2D eigenvalue weighted by Gasteiger charge is 2.09. The lowest BCUT2D eigenvalue weighted by Gasteiger charge is -2.21. The number of aliphatic carboxylic acids is 1. The third-order valence-corrected chi connectivity index (χ3v) is 2.67. The number of methoxy groups -OCH3 is 1. The van der Waals surface area contributed by atoms with Crippen molar-refractivity contribution in [2.75, 3.05) is 25.6 Å². The molecule has 0 aliphatic carbocycles. The third-order valence-electron chi connectivity index (χ3n) is 2.44. The molecule has 5 heteroatoms. The first-order chi connectivity index (χ1) is 8.04. The molecule has 0 spiro atoms. The predicted molar refractivity (Wildman–Crippen MR) is 68.1 cm³/mol. The second kappa shape index (κ2) is 6.35. The highest BCUT2D eigenvalue weighted by Crippen LogP contribution is 2.30. The molecule has 4 nitrogen and oxygen atoms in total. The first-order valence-corrected chi connectivity index (χ1v) is 5.69. The molecule has 1 aromatic rings. The van der Waals surface area contributed by atoms with Crippen molar-refractivity contribution in [1.29, 1.82) is 0 Å². The lowest BCUT2D eigenvalue weighted by atomic mass is 10.2. The lowest BCUT2D eigenvalue weighted by Crippen LogP contribution is -2.20. The molecule has 0 saturated carbocycles. The van der Waals surface area contributed by atoms with Crippen LogP contribution < -0.4 is 9.64 Å². The molecule has 0 atom stereocenters. The van der Waals surface area contributed by atoms with E-state index in [1.54, 1.807) is 25.3 Å². The molecule has 0 aliphatic rings. The van der Waals surface area contributed by atoms with E-state index in [4.69, 9.17) is 21.4 Å². The molecule has 1 N–H and O–H groups in total. The molecule has 0 aromatic heterocycles. The number of carbonyl (C=O) groups is 1. The van der Waals surface area contributed by atoms with Gasteiger partial charge in [0.2, 0.25) is 0 Å². The summed E-state index contributed by atoms with van der Waals surface area (Å²) in [6.45, 7) is 0.642. The van der Waals surface area contributed by atoms with E-state index in [9.17, 15) is 4.79 Å². The van der Waals surface area contributed by atoms with Crippen LogP contribution in [-0.2, 0) is 4.79 Å². The standard InChI is InChI=1S/C12H16ClNO3/c1-14(7-3-4-12(15)16)10-8-9(13)5-6-11(10)17-2/h5-6,8H,3-4,7H2,1-2H3,(H,15,16). The molecular weight excluding hydrogens is 242 g/mol. The van der Waals surface area contributed by atoms with Gasteiger partial charge in [0.1, 0.15) is 5.75 Å². The second-order valence-electron chi connectivity index (χ2n) is 3.74. The molecule has 17 heavy (non-hydrogen) atoms. The van der Waals surface area contributed by atoms with Crippen LogP contribution in [0.25, 0.3) is 0 Å². The molecule has 0 amide bonds. The molecule has 0 fully saturated rings. The van der Waals surface area contributed by atoms with Gasteiger partial charge in [0.25, 0.3) is 0 Å². The van der Waals surface area contributed by atoms with E-state index in [-0.39, 0.29) is 6.42 Å². The third kappa shape index (κ3) is 4.15. The van der Waals surface area contributed by atoms with Gasteiger partial charge in [-0.1, -0.05) is 11.6 Å². The minimum absolute atomic E-state index is 0.160. The van der Waals surface area contributed by atoms with Gasteiger partial charge in [0, 0.05) is 25.0 Å². The quantitative estimate of drug-likeness (QED) is 0.851. The molecule has 0 bridgehead atoms. The Bertz CT molecular complexity index is 395. The number of rotatable bonds is 6. The van der Waals surface area contributed by atoms with Crippen molar-refractivity contribution in [3.8, 4) is 5.75 Å². The van der Waals surface area contributed by atoms with Gasteiger partial charge in [-0.3, -0.25) is 4.79 Å². The van der Waals surface area contributed by atoms with Gasteiger partial charge >= 0.3 is 5.97 Å². The van der Waals surface area contributed by atoms with Crippen LogP contribution in [-0.4, -0.2) is 31.8 Å². The Morgan fingerprint density at radius 3 is 2.82 bits per heavy atom. The van der Waals surface area contributed by atoms with Crippen LogP contribution in [0.4, 0.5) is 5.69 Å². The summed E-state index contributed by atoms with van der Waals surface area (Å²) in [5.74, 6) is -0.0521. The van der Waals surface area contributed by atoms with Crippen LogP contribution in [0.3, 0.4) is 0 Å². The summed E-state index contributed by atoms with van der Waals surface area (Å²) in [6, 6.07) is 5.36. The monoisotopic (exact) mass is 257 g/mol. The molecule has 0 unspecified atom stereocenters. The van der Waals surface area contributed by atoms with Crippen molar-refractivity contribution in [3.63, 3.8) is 0 Å². The summed E-state index contributed by atoms with van der Waals surface area (Å²) in [7, 11) is 3.48. The van der Waals surface area contributed by atoms with Gasteiger partial charge in [0.15, 0.2) is 0 Å². The van der Waals surface area contributed by atoms with Crippen molar-refractivity contribution in [2.24, 2.45) is 0 Å². The van der Waals surface area contributed by atoms with Crippen molar-refractivity contribution in [1.82, 2.24) is 0 Å². The maximum Gasteiger partial charge on any atom is 0.303 e. The maximum atomic E-state index is 10.4. The summed E-state index contributed by atoms with van der Waals surface area (Å²) in [4.78, 5) is 12.4. The van der Waals surface area contributed by atoms with Crippen LogP contribution >= 0.6 is 11.6 Å². The van der Waals surface area contributed by atoms with Crippen LogP contribution in [0.2, 0.25) is 5.02 Å². The van der Waals surface area contributed by atoms with Gasteiger partial charge in [-0.25, -0.2) is 0 Å². The summed E-state index contributed by atoms with van der Waals surface area (Å²) in [5, 5.41) is 9.21. The van der Waals surface area contributed by atoms with Gasteiger partial charge in [0.05, 0.1) is 12.8 Å². The van der Waals surface area contributed by atoms with Crippen molar-refractivity contribution < 1.29 is 14.6 Å². The molecule has 94 valence electrons. The highest BCUT2D eigenvalue weighted by molar-refractivity contribution is 6.30. The molecule has 0 heterocycles. The van der Waals surface area contributed by atoms with Crippen LogP contribution in [0.5, 0.6) is 5.75 Å². The Labute approximate surface area is 106 Å². The number of anilines is 1.